The van der Waals surface area contributed by atoms with Gasteiger partial charge in [0.05, 0.1) is 46.0 Å². The zero-order valence-corrected chi connectivity index (χ0v) is 41.3. The summed E-state index contributed by atoms with van der Waals surface area (Å²) in [6.45, 7) is 14.7. The highest BCUT2D eigenvalue weighted by Gasteiger charge is 2.47. The monoisotopic (exact) mass is 953 g/mol. The minimum Gasteiger partial charge on any atom is -0.497 e. The molecule has 7 atom stereocenters. The molecule has 67 heavy (non-hydrogen) atoms. The molecule has 6 aromatic rings. The maximum absolute atomic E-state index is 13.0. The highest BCUT2D eigenvalue weighted by Crippen LogP contribution is 2.47. The molecule has 1 unspecified atom stereocenters. The number of hydrogen-bond donors (Lipinski definition) is 2. The second-order valence-electron chi connectivity index (χ2n) is 18.4. The summed E-state index contributed by atoms with van der Waals surface area (Å²) in [5.74, 6) is 1.68. The van der Waals surface area contributed by atoms with Gasteiger partial charge in [-0.1, -0.05) is 75.4 Å². The van der Waals surface area contributed by atoms with Gasteiger partial charge in [-0.05, 0) is 66.0 Å². The molecule has 0 amide bonds. The van der Waals surface area contributed by atoms with Gasteiger partial charge in [-0.2, -0.15) is 0 Å². The molecule has 356 valence electrons. The molecule has 19 heteroatoms. The number of ether oxygens (including phenoxy) is 5. The van der Waals surface area contributed by atoms with Crippen molar-refractivity contribution in [2.24, 2.45) is 0 Å². The first-order valence-electron chi connectivity index (χ1n) is 22.3. The number of nitrogens with two attached hydrogens (primary N) is 1. The predicted molar refractivity (Wildman–Crippen MR) is 257 cm³/mol. The van der Waals surface area contributed by atoms with E-state index in [-0.39, 0.29) is 30.2 Å². The fraction of sp³-hybridized carbons (Fsp3) is 0.438. The Hall–Kier alpha value is -5.30. The normalized spacial score (nSPS) is 21.7. The lowest BCUT2D eigenvalue weighted by atomic mass is 9.80. The molecule has 0 bridgehead atoms. The SMILES string of the molecule is COc1ccc(C(OC[C@H]2O[C@@H](n3cnc4c(N)ncnc43)C[C@@H]2OP(C)OC[C@H]2O[C@@H](n3cc(C)c(=O)[nH]c3=O)C[C@@H]2O[Si](C)(C)C(C)(C)C)(c2ccccc2)c2ccc(OC)cc2)cc1. The number of aromatic nitrogens is 6. The van der Waals surface area contributed by atoms with Crippen molar-refractivity contribution in [1.82, 2.24) is 29.1 Å². The Labute approximate surface area is 391 Å². The molecule has 2 aliphatic heterocycles. The molecule has 2 fully saturated rings. The van der Waals surface area contributed by atoms with Crippen molar-refractivity contribution < 1.29 is 37.2 Å². The van der Waals surface area contributed by atoms with Gasteiger partial charge in [0.2, 0.25) is 0 Å². The number of aryl methyl sites for hydroxylation is 1. The van der Waals surface area contributed by atoms with Gasteiger partial charge in [0.25, 0.3) is 5.56 Å². The lowest BCUT2D eigenvalue weighted by molar-refractivity contribution is -0.0908. The van der Waals surface area contributed by atoms with E-state index in [1.807, 2.05) is 90.1 Å². The quantitative estimate of drug-likeness (QED) is 0.0515. The summed E-state index contributed by atoms with van der Waals surface area (Å²) in [6.07, 6.45) is 2.07. The van der Waals surface area contributed by atoms with E-state index in [0.29, 0.717) is 41.1 Å². The number of imidazole rings is 1. The van der Waals surface area contributed by atoms with E-state index in [1.165, 1.54) is 17.1 Å². The molecule has 0 spiro atoms. The van der Waals surface area contributed by atoms with Gasteiger partial charge >= 0.3 is 5.69 Å². The third-order valence-corrected chi connectivity index (χ3v) is 18.7. The Kier molecular flexibility index (Phi) is 14.2. The molecule has 0 saturated carbocycles. The topological polar surface area (TPSA) is 198 Å². The number of aromatic amines is 1. The number of nitrogen functional groups attached to an aromatic ring is 1. The number of nitrogens with zero attached hydrogens (tertiary/aromatic N) is 5. The van der Waals surface area contributed by atoms with Crippen LogP contribution in [0.5, 0.6) is 11.5 Å². The molecular weight excluding hydrogens is 894 g/mol. The van der Waals surface area contributed by atoms with Crippen LogP contribution in [0.15, 0.2) is 107 Å². The van der Waals surface area contributed by atoms with Crippen LogP contribution in [0.1, 0.15) is 68.3 Å². The average molecular weight is 954 g/mol. The van der Waals surface area contributed by atoms with Crippen molar-refractivity contribution in [3.8, 4) is 11.5 Å². The molecule has 0 aliphatic carbocycles. The third-order valence-electron chi connectivity index (χ3n) is 13.1. The summed E-state index contributed by atoms with van der Waals surface area (Å²) in [4.78, 5) is 40.9. The van der Waals surface area contributed by atoms with Crippen LogP contribution >= 0.6 is 8.38 Å². The Bertz CT molecular complexity index is 2700. The summed E-state index contributed by atoms with van der Waals surface area (Å²) in [6, 6.07) is 25.8. The highest BCUT2D eigenvalue weighted by molar-refractivity contribution is 7.46. The minimum absolute atomic E-state index is 0.0875. The van der Waals surface area contributed by atoms with E-state index in [9.17, 15) is 9.59 Å². The molecule has 17 nitrogen and oxygen atoms in total. The molecule has 5 heterocycles. The predicted octanol–water partition coefficient (Wildman–Crippen LogP) is 7.60. The summed E-state index contributed by atoms with van der Waals surface area (Å²) >= 11 is 0. The summed E-state index contributed by atoms with van der Waals surface area (Å²) < 4.78 is 55.6. The van der Waals surface area contributed by atoms with Gasteiger partial charge in [-0.25, -0.2) is 19.7 Å². The second-order valence-corrected chi connectivity index (χ2v) is 24.5. The van der Waals surface area contributed by atoms with Gasteiger partial charge in [-0.15, -0.1) is 0 Å². The van der Waals surface area contributed by atoms with Crippen molar-refractivity contribution >= 4 is 33.7 Å². The van der Waals surface area contributed by atoms with Gasteiger partial charge in [-0.3, -0.25) is 18.9 Å². The van der Waals surface area contributed by atoms with Crippen molar-refractivity contribution in [1.29, 1.82) is 0 Å². The zero-order chi connectivity index (χ0) is 47.7. The molecule has 3 aromatic heterocycles. The Morgan fingerprint density at radius 2 is 1.39 bits per heavy atom. The molecule has 3 aromatic carbocycles. The fourth-order valence-electron chi connectivity index (χ4n) is 8.39. The van der Waals surface area contributed by atoms with Crippen LogP contribution in [-0.4, -0.2) is 95.9 Å². The van der Waals surface area contributed by atoms with E-state index in [2.05, 4.69) is 53.8 Å². The maximum atomic E-state index is 13.0. The second kappa shape index (κ2) is 19.7. The molecule has 3 N–H and O–H groups in total. The van der Waals surface area contributed by atoms with Crippen molar-refractivity contribution in [2.45, 2.75) is 101 Å². The molecular formula is C48H60N7O10PSi. The van der Waals surface area contributed by atoms with Crippen molar-refractivity contribution in [3.63, 3.8) is 0 Å². The molecule has 2 aliphatic rings. The minimum atomic E-state index is -2.31. The molecule has 0 radical (unpaired) electrons. The van der Waals surface area contributed by atoms with Gasteiger partial charge in [0.15, 0.2) is 28.2 Å². The first-order chi connectivity index (χ1) is 32.0. The van der Waals surface area contributed by atoms with Crippen LogP contribution in [0, 0.1) is 6.92 Å². The number of hydrogen-bond acceptors (Lipinski definition) is 14. The number of benzene rings is 3. The number of H-pyrrole nitrogens is 1. The standard InChI is InChI=1S/C48H60N7O10PSi/c1-30-25-54(46(57)53-45(30)56)40-24-37(65-67(8,9)47(2,3)4)39(63-40)27-61-66(7)64-36-23-41(55-29-52-42-43(49)50-28-51-44(42)55)62-38(36)26-60-48(31-13-11-10-12-14-31,32-15-19-34(58-5)20-16-32)33-17-21-35(59-6)22-18-33/h10-22,25,28-29,36-41H,23-24,26-27H2,1-9H3,(H2,49,50,51)(H,53,56,57)/t36-,37-,38+,39+,40+,41+,66?/m0/s1. The number of fused-ring (bicyclic) bond motifs is 1. The smallest absolute Gasteiger partial charge is 0.330 e. The summed E-state index contributed by atoms with van der Waals surface area (Å²) in [7, 11) is -0.597. The van der Waals surface area contributed by atoms with Crippen LogP contribution in [0.25, 0.3) is 11.2 Å². The highest BCUT2D eigenvalue weighted by atomic mass is 31.2. The number of anilines is 1. The number of rotatable bonds is 17. The van der Waals surface area contributed by atoms with Gasteiger partial charge in [0, 0.05) is 31.3 Å². The van der Waals surface area contributed by atoms with Crippen molar-refractivity contribution in [2.75, 3.05) is 39.8 Å². The van der Waals surface area contributed by atoms with Gasteiger partial charge in [0.1, 0.15) is 53.6 Å². The Balaban J connectivity index is 1.09. The van der Waals surface area contributed by atoms with E-state index < -0.39 is 64.3 Å². The first-order valence-corrected chi connectivity index (χ1v) is 26.8. The van der Waals surface area contributed by atoms with Gasteiger partial charge < -0.3 is 42.9 Å². The van der Waals surface area contributed by atoms with Crippen molar-refractivity contribution in [3.05, 3.63) is 141 Å². The van der Waals surface area contributed by atoms with E-state index >= 15 is 0 Å². The first kappa shape index (κ1) is 48.2. The van der Waals surface area contributed by atoms with E-state index in [0.717, 1.165) is 16.7 Å². The van der Waals surface area contributed by atoms with Crippen LogP contribution in [0.3, 0.4) is 0 Å². The zero-order valence-electron chi connectivity index (χ0n) is 39.4. The van der Waals surface area contributed by atoms with Crippen LogP contribution in [0.4, 0.5) is 5.82 Å². The maximum Gasteiger partial charge on any atom is 0.330 e. The van der Waals surface area contributed by atoms with Crippen LogP contribution < -0.4 is 26.5 Å². The van der Waals surface area contributed by atoms with E-state index in [4.69, 9.17) is 42.9 Å². The Morgan fingerprint density at radius 1 is 0.806 bits per heavy atom. The number of methoxy groups -OCH3 is 2. The molecule has 8 rings (SSSR count). The lowest BCUT2D eigenvalue weighted by Crippen LogP contribution is -2.46. The fourth-order valence-corrected chi connectivity index (χ4v) is 10.8. The lowest BCUT2D eigenvalue weighted by Gasteiger charge is -2.39. The Morgan fingerprint density at radius 3 is 2.00 bits per heavy atom. The number of nitrogens with one attached hydrogen (secondary N) is 1. The van der Waals surface area contributed by atoms with Crippen LogP contribution in [0.2, 0.25) is 18.1 Å². The van der Waals surface area contributed by atoms with E-state index in [1.54, 1.807) is 27.5 Å². The average Bonchev–Trinajstić information content (AvgIpc) is 4.04. The summed E-state index contributed by atoms with van der Waals surface area (Å²) in [5, 5.41) is -0.0876. The largest absolute Gasteiger partial charge is 0.497 e. The molecule has 2 saturated heterocycles. The summed E-state index contributed by atoms with van der Waals surface area (Å²) in [5.41, 5.74) is 8.14. The third kappa shape index (κ3) is 9.99. The van der Waals surface area contributed by atoms with Crippen LogP contribution in [-0.2, 0) is 33.3 Å².